The van der Waals surface area contributed by atoms with Crippen LogP contribution in [0.2, 0.25) is 0 Å². The van der Waals surface area contributed by atoms with Crippen LogP contribution in [-0.2, 0) is 21.4 Å². The van der Waals surface area contributed by atoms with E-state index in [1.807, 2.05) is 6.92 Å². The normalized spacial score (nSPS) is 21.9. The Hall–Kier alpha value is -1.41. The molecule has 0 saturated heterocycles. The molecular weight excluding hydrogens is 282 g/mol. The van der Waals surface area contributed by atoms with Gasteiger partial charge in [-0.2, -0.15) is 5.10 Å². The topological polar surface area (TPSA) is 101 Å². The Kier molecular flexibility index (Phi) is 3.88. The Balaban J connectivity index is 2.27. The first-order valence-corrected chi connectivity index (χ1v) is 8.02. The molecule has 0 amide bonds. The molecule has 1 heterocycles. The summed E-state index contributed by atoms with van der Waals surface area (Å²) in [5.74, 6) is -0.653. The number of carboxylic acids is 1. The van der Waals surface area contributed by atoms with E-state index >= 15 is 0 Å². The second-order valence-corrected chi connectivity index (χ2v) is 6.83. The summed E-state index contributed by atoms with van der Waals surface area (Å²) >= 11 is 0. The number of aryl methyl sites for hydroxylation is 1. The van der Waals surface area contributed by atoms with Crippen LogP contribution in [0.25, 0.3) is 0 Å². The summed E-state index contributed by atoms with van der Waals surface area (Å²) in [7, 11) is -3.64. The number of hydrogen-bond acceptors (Lipinski definition) is 4. The van der Waals surface area contributed by atoms with Crippen molar-refractivity contribution >= 4 is 16.0 Å². The van der Waals surface area contributed by atoms with E-state index in [-0.39, 0.29) is 17.5 Å². The second kappa shape index (κ2) is 5.17. The first kappa shape index (κ1) is 15.0. The van der Waals surface area contributed by atoms with E-state index in [1.165, 1.54) is 4.68 Å². The van der Waals surface area contributed by atoms with Gasteiger partial charge in [0.15, 0.2) is 0 Å². The van der Waals surface area contributed by atoms with E-state index in [9.17, 15) is 13.2 Å². The van der Waals surface area contributed by atoms with Crippen LogP contribution >= 0.6 is 0 Å². The molecule has 0 aromatic carbocycles. The van der Waals surface area contributed by atoms with Gasteiger partial charge in [-0.15, -0.1) is 0 Å². The molecule has 0 radical (unpaired) electrons. The Morgan fingerprint density at radius 3 is 2.65 bits per heavy atom. The van der Waals surface area contributed by atoms with E-state index < -0.39 is 16.0 Å². The van der Waals surface area contributed by atoms with Crippen LogP contribution in [0.4, 0.5) is 0 Å². The molecule has 8 heteroatoms. The van der Waals surface area contributed by atoms with Gasteiger partial charge in [0.2, 0.25) is 10.0 Å². The van der Waals surface area contributed by atoms with E-state index in [4.69, 9.17) is 5.11 Å². The van der Waals surface area contributed by atoms with Crippen molar-refractivity contribution in [3.05, 3.63) is 11.4 Å². The lowest BCUT2D eigenvalue weighted by Crippen LogP contribution is -2.28. The molecule has 0 aliphatic heterocycles. The van der Waals surface area contributed by atoms with Gasteiger partial charge in [-0.1, -0.05) is 13.3 Å². The van der Waals surface area contributed by atoms with Gasteiger partial charge in [-0.05, 0) is 26.2 Å². The minimum absolute atomic E-state index is 0.00776. The molecule has 2 rings (SSSR count). The number of hydrogen-bond donors (Lipinski definition) is 2. The lowest BCUT2D eigenvalue weighted by molar-refractivity contribution is -0.137. The van der Waals surface area contributed by atoms with Crippen molar-refractivity contribution in [3.8, 4) is 0 Å². The standard InChI is InChI=1S/C12H19N3O4S/c1-4-9-5-10(9)14-20(18,19)12-7(2)13-15(8(12)3)6-11(16)17/h9-10,14H,4-6H2,1-3H3,(H,16,17). The smallest absolute Gasteiger partial charge is 0.325 e. The van der Waals surface area contributed by atoms with Crippen LogP contribution in [0.15, 0.2) is 4.90 Å². The molecule has 1 aromatic rings. The van der Waals surface area contributed by atoms with Gasteiger partial charge in [-0.25, -0.2) is 13.1 Å². The number of sulfonamides is 1. The van der Waals surface area contributed by atoms with Crippen LogP contribution in [0.3, 0.4) is 0 Å². The third-order valence-electron chi connectivity index (χ3n) is 3.62. The molecule has 112 valence electrons. The predicted octanol–water partition coefficient (Wildman–Crippen LogP) is 0.661. The largest absolute Gasteiger partial charge is 0.480 e. The number of carbonyl (C=O) groups is 1. The zero-order chi connectivity index (χ0) is 15.1. The van der Waals surface area contributed by atoms with Gasteiger partial charge in [0.05, 0.1) is 11.4 Å². The monoisotopic (exact) mass is 301 g/mol. The molecule has 1 saturated carbocycles. The fraction of sp³-hybridized carbons (Fsp3) is 0.667. The van der Waals surface area contributed by atoms with Crippen LogP contribution in [0.1, 0.15) is 31.2 Å². The molecule has 20 heavy (non-hydrogen) atoms. The van der Waals surface area contributed by atoms with Crippen LogP contribution in [0, 0.1) is 19.8 Å². The highest BCUT2D eigenvalue weighted by Gasteiger charge is 2.40. The molecule has 2 unspecified atom stereocenters. The number of aromatic nitrogens is 2. The van der Waals surface area contributed by atoms with Gasteiger partial charge >= 0.3 is 5.97 Å². The summed E-state index contributed by atoms with van der Waals surface area (Å²) in [6.07, 6.45) is 1.81. The van der Waals surface area contributed by atoms with Crippen molar-refractivity contribution < 1.29 is 18.3 Å². The Bertz CT molecular complexity index is 635. The molecule has 1 fully saturated rings. The van der Waals surface area contributed by atoms with Gasteiger partial charge in [0.1, 0.15) is 11.4 Å². The van der Waals surface area contributed by atoms with Crippen molar-refractivity contribution in [2.24, 2.45) is 5.92 Å². The molecule has 2 atom stereocenters. The Morgan fingerprint density at radius 2 is 2.15 bits per heavy atom. The zero-order valence-electron chi connectivity index (χ0n) is 11.8. The summed E-state index contributed by atoms with van der Waals surface area (Å²) in [6, 6.07) is -0.00776. The third-order valence-corrected chi connectivity index (χ3v) is 5.36. The average Bonchev–Trinajstić information content (AvgIpc) is 2.97. The van der Waals surface area contributed by atoms with E-state index in [1.54, 1.807) is 13.8 Å². The molecule has 0 bridgehead atoms. The van der Waals surface area contributed by atoms with Crippen molar-refractivity contribution in [2.75, 3.05) is 0 Å². The maximum atomic E-state index is 12.4. The average molecular weight is 301 g/mol. The van der Waals surface area contributed by atoms with E-state index in [0.717, 1.165) is 12.8 Å². The maximum absolute atomic E-state index is 12.4. The van der Waals surface area contributed by atoms with Gasteiger partial charge in [0, 0.05) is 6.04 Å². The molecule has 1 aliphatic carbocycles. The fourth-order valence-corrected chi connectivity index (χ4v) is 4.18. The Morgan fingerprint density at radius 1 is 1.50 bits per heavy atom. The maximum Gasteiger partial charge on any atom is 0.325 e. The lowest BCUT2D eigenvalue weighted by atomic mass is 10.3. The van der Waals surface area contributed by atoms with Crippen LogP contribution in [-0.4, -0.2) is 35.3 Å². The predicted molar refractivity (Wildman–Crippen MR) is 71.8 cm³/mol. The lowest BCUT2D eigenvalue weighted by Gasteiger charge is -2.07. The highest BCUT2D eigenvalue weighted by molar-refractivity contribution is 7.89. The van der Waals surface area contributed by atoms with Crippen LogP contribution in [0.5, 0.6) is 0 Å². The summed E-state index contributed by atoms with van der Waals surface area (Å²) in [6.45, 7) is 4.83. The van der Waals surface area contributed by atoms with Crippen molar-refractivity contribution in [3.63, 3.8) is 0 Å². The molecule has 7 nitrogen and oxygen atoms in total. The van der Waals surface area contributed by atoms with Crippen LogP contribution < -0.4 is 4.72 Å². The first-order valence-electron chi connectivity index (χ1n) is 6.54. The molecular formula is C12H19N3O4S. The molecule has 1 aliphatic rings. The number of carboxylic acid groups (broad SMARTS) is 1. The van der Waals surface area contributed by atoms with Crippen molar-refractivity contribution in [1.82, 2.24) is 14.5 Å². The fourth-order valence-electron chi connectivity index (χ4n) is 2.45. The Labute approximate surface area is 118 Å². The van der Waals surface area contributed by atoms with Crippen molar-refractivity contribution in [2.45, 2.75) is 51.1 Å². The first-order chi connectivity index (χ1) is 9.26. The third kappa shape index (κ3) is 2.85. The SMILES string of the molecule is CCC1CC1NS(=O)(=O)c1c(C)nn(CC(=O)O)c1C. The van der Waals surface area contributed by atoms with E-state index in [2.05, 4.69) is 9.82 Å². The van der Waals surface area contributed by atoms with Gasteiger partial charge in [0.25, 0.3) is 0 Å². The van der Waals surface area contributed by atoms with Gasteiger partial charge in [-0.3, -0.25) is 9.48 Å². The number of nitrogens with zero attached hydrogens (tertiary/aromatic N) is 2. The minimum atomic E-state index is -3.64. The number of rotatable bonds is 6. The summed E-state index contributed by atoms with van der Waals surface area (Å²) in [5, 5.41) is 12.8. The summed E-state index contributed by atoms with van der Waals surface area (Å²) < 4.78 is 28.6. The summed E-state index contributed by atoms with van der Waals surface area (Å²) in [4.78, 5) is 10.8. The van der Waals surface area contributed by atoms with Gasteiger partial charge < -0.3 is 5.11 Å². The molecule has 2 N–H and O–H groups in total. The zero-order valence-corrected chi connectivity index (χ0v) is 12.6. The second-order valence-electron chi connectivity index (χ2n) is 5.18. The molecule has 0 spiro atoms. The molecule has 1 aromatic heterocycles. The van der Waals surface area contributed by atoms with Crippen molar-refractivity contribution in [1.29, 1.82) is 0 Å². The minimum Gasteiger partial charge on any atom is -0.480 e. The summed E-state index contributed by atoms with van der Waals surface area (Å²) in [5.41, 5.74) is 0.677. The highest BCUT2D eigenvalue weighted by Crippen LogP contribution is 2.35. The van der Waals surface area contributed by atoms with E-state index in [0.29, 0.717) is 17.3 Å². The number of nitrogens with one attached hydrogen (secondary N) is 1. The highest BCUT2D eigenvalue weighted by atomic mass is 32.2. The number of aliphatic carboxylic acids is 1. The quantitative estimate of drug-likeness (QED) is 0.804.